The van der Waals surface area contributed by atoms with Gasteiger partial charge in [0.2, 0.25) is 0 Å². The Kier molecular flexibility index (Phi) is 50.0. The average molecular weight is 816 g/mol. The molecule has 0 saturated carbocycles. The van der Waals surface area contributed by atoms with Crippen LogP contribution >= 0.6 is 23.2 Å². The normalized spacial score (nSPS) is 13.2. The lowest BCUT2D eigenvalue weighted by Crippen LogP contribution is -2.19. The maximum Gasteiger partial charge on any atom is 0.149 e. The summed E-state index contributed by atoms with van der Waals surface area (Å²) in [4.78, 5) is 0. The van der Waals surface area contributed by atoms with Gasteiger partial charge in [-0.1, -0.05) is 205 Å². The van der Waals surface area contributed by atoms with Gasteiger partial charge in [-0.3, -0.25) is 0 Å². The number of unbranched alkanes of at least 4 members (excludes halogenated alkanes) is 28. The fraction of sp³-hybridized carbons (Fsp3) is 0.920. The van der Waals surface area contributed by atoms with Gasteiger partial charge in [0.15, 0.2) is 0 Å². The highest BCUT2D eigenvalue weighted by atomic mass is 35.5. The first-order valence-corrected chi connectivity index (χ1v) is 25.6. The molecule has 0 spiro atoms. The van der Waals surface area contributed by atoms with Crippen molar-refractivity contribution < 1.29 is 14.2 Å². The highest BCUT2D eigenvalue weighted by molar-refractivity contribution is 6.18. The van der Waals surface area contributed by atoms with E-state index in [1.54, 1.807) is 0 Å². The topological polar surface area (TPSA) is 27.7 Å². The number of ether oxygens (including phenoxy) is 3. The molecule has 55 heavy (non-hydrogen) atoms. The molecule has 3 nitrogen and oxygen atoms in total. The van der Waals surface area contributed by atoms with Crippen LogP contribution in [0, 0.1) is 0 Å². The molecule has 0 bridgehead atoms. The maximum absolute atomic E-state index is 6.34. The Balaban J connectivity index is 4.52. The minimum atomic E-state index is 0.272. The summed E-state index contributed by atoms with van der Waals surface area (Å²) in [5.41, 5.74) is 0. The van der Waals surface area contributed by atoms with Gasteiger partial charge in [0.25, 0.3) is 0 Å². The monoisotopic (exact) mass is 815 g/mol. The fourth-order valence-electron chi connectivity index (χ4n) is 7.47. The van der Waals surface area contributed by atoms with Gasteiger partial charge >= 0.3 is 0 Å². The molecule has 0 aromatic heterocycles. The van der Waals surface area contributed by atoms with Gasteiger partial charge in [-0.25, -0.2) is 0 Å². The molecular formula is C50H96Cl2O3. The Hall–Kier alpha value is -0.0600. The number of hydrogen-bond donors (Lipinski definition) is 0. The average Bonchev–Trinajstić information content (AvgIpc) is 3.19. The molecule has 0 aliphatic rings. The van der Waals surface area contributed by atoms with Crippen LogP contribution in [0.3, 0.4) is 0 Å². The summed E-state index contributed by atoms with van der Waals surface area (Å²) in [6, 6.07) is 0. The van der Waals surface area contributed by atoms with Crippen molar-refractivity contribution in [2.45, 2.75) is 270 Å². The van der Waals surface area contributed by atoms with E-state index in [0.29, 0.717) is 13.6 Å². The lowest BCUT2D eigenvalue weighted by molar-refractivity contribution is -0.167. The van der Waals surface area contributed by atoms with Crippen LogP contribution in [0.15, 0.2) is 24.3 Å². The summed E-state index contributed by atoms with van der Waals surface area (Å²) < 4.78 is 18.7. The van der Waals surface area contributed by atoms with E-state index in [4.69, 9.17) is 37.4 Å². The van der Waals surface area contributed by atoms with E-state index in [1.165, 1.54) is 205 Å². The molecular weight excluding hydrogens is 719 g/mol. The van der Waals surface area contributed by atoms with E-state index in [1.807, 2.05) is 0 Å². The van der Waals surface area contributed by atoms with Gasteiger partial charge in [0.05, 0.1) is 12.2 Å². The predicted molar refractivity (Wildman–Crippen MR) is 247 cm³/mol. The Morgan fingerprint density at radius 2 is 0.618 bits per heavy atom. The SMILES string of the molecule is CCCCCCCCCC(CCC=CCCCCCCCCCCCl)OCOCOC(CCC=CCCCCCCCCCCCl)CCCCCCCCC. The first-order valence-electron chi connectivity index (χ1n) is 24.5. The predicted octanol–water partition coefficient (Wildman–Crippen LogP) is 18.1. The van der Waals surface area contributed by atoms with Crippen LogP contribution in [0.5, 0.6) is 0 Å². The second kappa shape index (κ2) is 50.1. The van der Waals surface area contributed by atoms with Crippen LogP contribution in [0.25, 0.3) is 0 Å². The number of halogens is 2. The van der Waals surface area contributed by atoms with Crippen molar-refractivity contribution in [2.75, 3.05) is 25.3 Å². The van der Waals surface area contributed by atoms with Crippen molar-refractivity contribution in [1.29, 1.82) is 0 Å². The summed E-state index contributed by atoms with van der Waals surface area (Å²) in [5, 5.41) is 0. The molecule has 0 aliphatic carbocycles. The second-order valence-electron chi connectivity index (χ2n) is 16.5. The molecule has 5 heteroatoms. The van der Waals surface area contributed by atoms with E-state index in [2.05, 4.69) is 38.2 Å². The van der Waals surface area contributed by atoms with Gasteiger partial charge in [-0.05, 0) is 77.0 Å². The minimum absolute atomic E-state index is 0.272. The van der Waals surface area contributed by atoms with E-state index in [-0.39, 0.29) is 12.2 Å². The van der Waals surface area contributed by atoms with Gasteiger partial charge in [0.1, 0.15) is 13.6 Å². The van der Waals surface area contributed by atoms with Crippen LogP contribution in [-0.2, 0) is 14.2 Å². The lowest BCUT2D eigenvalue weighted by Gasteiger charge is -2.20. The molecule has 0 rings (SSSR count). The van der Waals surface area contributed by atoms with Crippen molar-refractivity contribution in [3.63, 3.8) is 0 Å². The third-order valence-corrected chi connectivity index (χ3v) is 11.7. The van der Waals surface area contributed by atoms with Crippen molar-refractivity contribution >= 4 is 23.2 Å². The molecule has 0 heterocycles. The van der Waals surface area contributed by atoms with Crippen molar-refractivity contribution in [3.8, 4) is 0 Å². The van der Waals surface area contributed by atoms with Crippen molar-refractivity contribution in [2.24, 2.45) is 0 Å². The highest BCUT2D eigenvalue weighted by Gasteiger charge is 2.11. The Bertz CT molecular complexity index is 685. The first kappa shape index (κ1) is 54.9. The fourth-order valence-corrected chi connectivity index (χ4v) is 7.85. The van der Waals surface area contributed by atoms with Crippen LogP contribution in [0.4, 0.5) is 0 Å². The quantitative estimate of drug-likeness (QED) is 0.0265. The molecule has 0 aromatic rings. The first-order chi connectivity index (χ1) is 27.3. The van der Waals surface area contributed by atoms with E-state index in [0.717, 1.165) is 50.3 Å². The molecule has 0 N–H and O–H groups in total. The van der Waals surface area contributed by atoms with Gasteiger partial charge in [-0.15, -0.1) is 23.2 Å². The zero-order valence-corrected chi connectivity index (χ0v) is 38.7. The number of rotatable bonds is 48. The van der Waals surface area contributed by atoms with Crippen LogP contribution in [-0.4, -0.2) is 37.6 Å². The summed E-state index contributed by atoms with van der Waals surface area (Å²) in [6.45, 7) is 5.27. The Morgan fingerprint density at radius 1 is 0.327 bits per heavy atom. The van der Waals surface area contributed by atoms with Crippen molar-refractivity contribution in [3.05, 3.63) is 24.3 Å². The molecule has 0 saturated heterocycles. The van der Waals surface area contributed by atoms with Crippen molar-refractivity contribution in [1.82, 2.24) is 0 Å². The molecule has 0 aromatic carbocycles. The zero-order chi connectivity index (χ0) is 39.8. The largest absolute Gasteiger partial charge is 0.352 e. The van der Waals surface area contributed by atoms with Crippen LogP contribution in [0.1, 0.15) is 258 Å². The van der Waals surface area contributed by atoms with E-state index >= 15 is 0 Å². The molecule has 0 fully saturated rings. The standard InChI is InChI=1S/C50H96Cl2O3/c1-3-5-7-9-23-29-35-41-49(43-37-31-25-19-15-11-13-17-21-27-33-39-45-51)54-47-53-48-55-50(42-36-30-24-10-8-6-4-2)44-38-32-26-20-16-12-14-18-22-28-34-40-46-52/h25-26,31-32,49-50H,3-24,27-30,33-48H2,1-2H3. The molecule has 2 unspecified atom stereocenters. The molecule has 0 aliphatic heterocycles. The molecule has 2 atom stereocenters. The van der Waals surface area contributed by atoms with Gasteiger partial charge < -0.3 is 14.2 Å². The van der Waals surface area contributed by atoms with Gasteiger partial charge in [-0.2, -0.15) is 0 Å². The van der Waals surface area contributed by atoms with Crippen LogP contribution in [0.2, 0.25) is 0 Å². The second-order valence-corrected chi connectivity index (χ2v) is 17.3. The lowest BCUT2D eigenvalue weighted by atomic mass is 10.0. The smallest absolute Gasteiger partial charge is 0.149 e. The van der Waals surface area contributed by atoms with Gasteiger partial charge in [0, 0.05) is 11.8 Å². The third kappa shape index (κ3) is 46.5. The summed E-state index contributed by atoms with van der Waals surface area (Å²) >= 11 is 11.6. The number of allylic oxidation sites excluding steroid dienone is 4. The number of alkyl halides is 2. The zero-order valence-electron chi connectivity index (χ0n) is 37.1. The third-order valence-electron chi connectivity index (χ3n) is 11.2. The molecule has 0 amide bonds. The highest BCUT2D eigenvalue weighted by Crippen LogP contribution is 2.18. The maximum atomic E-state index is 6.34. The summed E-state index contributed by atoms with van der Waals surface area (Å²) in [6.07, 6.45) is 59.2. The number of hydrogen-bond acceptors (Lipinski definition) is 3. The van der Waals surface area contributed by atoms with Crippen LogP contribution < -0.4 is 0 Å². The Labute approximate surface area is 355 Å². The minimum Gasteiger partial charge on any atom is -0.352 e. The molecule has 0 radical (unpaired) electrons. The van der Waals surface area contributed by atoms with E-state index < -0.39 is 0 Å². The molecule has 328 valence electrons. The Morgan fingerprint density at radius 3 is 0.964 bits per heavy atom. The van der Waals surface area contributed by atoms with E-state index in [9.17, 15) is 0 Å². The summed E-state index contributed by atoms with van der Waals surface area (Å²) in [5.74, 6) is 1.63. The summed E-state index contributed by atoms with van der Waals surface area (Å²) in [7, 11) is 0.